The molecule has 1 amide bonds. The van der Waals surface area contributed by atoms with Crippen LogP contribution in [0.5, 0.6) is 0 Å². The number of nitrogens with one attached hydrogen (secondary N) is 1. The Labute approximate surface area is 141 Å². The molecule has 1 aromatic rings. The number of hydrogen-bond donors (Lipinski definition) is 1. The zero-order valence-corrected chi connectivity index (χ0v) is 14.2. The van der Waals surface area contributed by atoms with E-state index in [0.717, 1.165) is 18.1 Å². The van der Waals surface area contributed by atoms with Gasteiger partial charge in [-0.25, -0.2) is 4.98 Å². The molecule has 1 N–H and O–H groups in total. The number of morpholine rings is 1. The molecule has 2 rings (SSSR count). The van der Waals surface area contributed by atoms with Crippen molar-refractivity contribution in [1.82, 2.24) is 15.2 Å². The van der Waals surface area contributed by atoms with E-state index in [1.54, 1.807) is 19.3 Å². The second-order valence-electron chi connectivity index (χ2n) is 5.09. The zero-order chi connectivity index (χ0) is 16.5. The Bertz CT molecular complexity index is 509. The number of rotatable bonds is 8. The van der Waals surface area contributed by atoms with E-state index in [1.807, 2.05) is 18.2 Å². The van der Waals surface area contributed by atoms with Gasteiger partial charge in [0, 0.05) is 32.9 Å². The van der Waals surface area contributed by atoms with Crippen LogP contribution in [-0.2, 0) is 14.3 Å². The molecule has 1 atom stereocenters. The van der Waals surface area contributed by atoms with Gasteiger partial charge in [-0.1, -0.05) is 23.9 Å². The highest BCUT2D eigenvalue weighted by molar-refractivity contribution is 8.01. The Morgan fingerprint density at radius 1 is 1.57 bits per heavy atom. The topological polar surface area (TPSA) is 63.7 Å². The zero-order valence-electron chi connectivity index (χ0n) is 13.4. The molecule has 0 spiro atoms. The average Bonchev–Trinajstić information content (AvgIpc) is 2.60. The van der Waals surface area contributed by atoms with Gasteiger partial charge >= 0.3 is 0 Å². The molecule has 126 valence electrons. The smallest absolute Gasteiger partial charge is 0.264 e. The van der Waals surface area contributed by atoms with Crippen molar-refractivity contribution in [3.8, 4) is 0 Å². The minimum Gasteiger partial charge on any atom is -0.379 e. The Morgan fingerprint density at radius 2 is 2.35 bits per heavy atom. The monoisotopic (exact) mass is 337 g/mol. The van der Waals surface area contributed by atoms with Crippen molar-refractivity contribution in [2.75, 3.05) is 46.5 Å². The van der Waals surface area contributed by atoms with Crippen molar-refractivity contribution in [3.63, 3.8) is 0 Å². The third kappa shape index (κ3) is 5.04. The first kappa shape index (κ1) is 17.9. The number of pyridine rings is 1. The van der Waals surface area contributed by atoms with Crippen LogP contribution in [0.15, 0.2) is 42.1 Å². The van der Waals surface area contributed by atoms with E-state index in [1.165, 1.54) is 11.8 Å². The number of ether oxygens (including phenoxy) is 2. The second-order valence-corrected chi connectivity index (χ2v) is 6.37. The largest absolute Gasteiger partial charge is 0.379 e. The van der Waals surface area contributed by atoms with E-state index in [9.17, 15) is 4.79 Å². The van der Waals surface area contributed by atoms with Crippen LogP contribution in [0.25, 0.3) is 0 Å². The molecular formula is C16H23N3O3S. The van der Waals surface area contributed by atoms with E-state index in [0.29, 0.717) is 19.8 Å². The molecule has 2 heterocycles. The van der Waals surface area contributed by atoms with Crippen molar-refractivity contribution < 1.29 is 14.3 Å². The third-order valence-corrected chi connectivity index (χ3v) is 4.66. The summed E-state index contributed by atoms with van der Waals surface area (Å²) < 4.78 is 11.3. The average molecular weight is 337 g/mol. The van der Waals surface area contributed by atoms with Crippen molar-refractivity contribution in [2.45, 2.75) is 9.96 Å². The van der Waals surface area contributed by atoms with Crippen LogP contribution in [0.3, 0.4) is 0 Å². The first-order chi connectivity index (χ1) is 11.2. The number of amides is 1. The van der Waals surface area contributed by atoms with Gasteiger partial charge in [-0.3, -0.25) is 9.69 Å². The second kappa shape index (κ2) is 9.02. The molecule has 1 fully saturated rings. The number of carbonyl (C=O) groups is 1. The lowest BCUT2D eigenvalue weighted by Gasteiger charge is -2.37. The molecule has 0 aromatic carbocycles. The van der Waals surface area contributed by atoms with Gasteiger partial charge in [0.1, 0.15) is 0 Å². The lowest BCUT2D eigenvalue weighted by atomic mass is 10.2. The van der Waals surface area contributed by atoms with E-state index in [4.69, 9.17) is 9.47 Å². The van der Waals surface area contributed by atoms with Gasteiger partial charge < -0.3 is 14.8 Å². The van der Waals surface area contributed by atoms with Crippen LogP contribution in [0.4, 0.5) is 0 Å². The minimum absolute atomic E-state index is 0.179. The molecule has 1 saturated heterocycles. The molecule has 1 unspecified atom stereocenters. The normalized spacial score (nSPS) is 18.1. The number of thioether (sulfide) groups is 1. The minimum atomic E-state index is -1.07. The maximum Gasteiger partial charge on any atom is 0.264 e. The summed E-state index contributed by atoms with van der Waals surface area (Å²) in [6, 6.07) is 5.61. The summed E-state index contributed by atoms with van der Waals surface area (Å²) in [6.07, 6.45) is 3.36. The van der Waals surface area contributed by atoms with E-state index < -0.39 is 4.93 Å². The Balaban J connectivity index is 2.24. The number of nitrogens with zero attached hydrogens (tertiary/aromatic N) is 2. The molecule has 1 aliphatic rings. The number of aromatic nitrogens is 1. The maximum atomic E-state index is 12.6. The summed E-state index contributed by atoms with van der Waals surface area (Å²) in [5, 5.41) is 3.46. The van der Waals surface area contributed by atoms with Crippen molar-refractivity contribution in [1.29, 1.82) is 0 Å². The van der Waals surface area contributed by atoms with Gasteiger partial charge in [0.2, 0.25) is 4.93 Å². The summed E-state index contributed by atoms with van der Waals surface area (Å²) in [6.45, 7) is 7.33. The van der Waals surface area contributed by atoms with E-state index in [2.05, 4.69) is 21.8 Å². The standard InChI is InChI=1S/C16H23N3O3S/c1-3-10-22-16(15(20)17-2,13-19-8-11-21-12-9-19)23-14-6-4-5-7-18-14/h3-7H,1,8-13H2,2H3,(H,17,20). The fraction of sp³-hybridized carbons (Fsp3) is 0.500. The lowest BCUT2D eigenvalue weighted by molar-refractivity contribution is -0.137. The molecule has 23 heavy (non-hydrogen) atoms. The van der Waals surface area contributed by atoms with Crippen LogP contribution in [-0.4, -0.2) is 67.2 Å². The molecule has 1 aliphatic heterocycles. The summed E-state index contributed by atoms with van der Waals surface area (Å²) in [7, 11) is 1.62. The van der Waals surface area contributed by atoms with E-state index in [-0.39, 0.29) is 12.5 Å². The number of carbonyl (C=O) groups excluding carboxylic acids is 1. The molecule has 0 aliphatic carbocycles. The predicted molar refractivity (Wildman–Crippen MR) is 90.3 cm³/mol. The SMILES string of the molecule is C=CCOC(CN1CCOCC1)(Sc1ccccn1)C(=O)NC. The van der Waals surface area contributed by atoms with Crippen LogP contribution >= 0.6 is 11.8 Å². The van der Waals surface area contributed by atoms with Gasteiger partial charge in [-0.15, -0.1) is 6.58 Å². The number of likely N-dealkylation sites (N-methyl/N-ethyl adjacent to an activating group) is 1. The van der Waals surface area contributed by atoms with Crippen molar-refractivity contribution in [2.24, 2.45) is 0 Å². The van der Waals surface area contributed by atoms with Crippen molar-refractivity contribution in [3.05, 3.63) is 37.1 Å². The molecule has 0 radical (unpaired) electrons. The summed E-state index contributed by atoms with van der Waals surface area (Å²) in [5.41, 5.74) is 0. The lowest BCUT2D eigenvalue weighted by Crippen LogP contribution is -2.54. The number of hydrogen-bond acceptors (Lipinski definition) is 6. The summed E-state index contributed by atoms with van der Waals surface area (Å²) >= 11 is 1.33. The third-order valence-electron chi connectivity index (χ3n) is 3.45. The van der Waals surface area contributed by atoms with Crippen LogP contribution in [0.2, 0.25) is 0 Å². The van der Waals surface area contributed by atoms with Gasteiger partial charge in [0.05, 0.1) is 24.8 Å². The van der Waals surface area contributed by atoms with Gasteiger partial charge in [-0.05, 0) is 12.1 Å². The molecule has 0 bridgehead atoms. The Kier molecular flexibility index (Phi) is 7.04. The van der Waals surface area contributed by atoms with Gasteiger partial charge in [0.15, 0.2) is 0 Å². The molecule has 1 aromatic heterocycles. The Hall–Kier alpha value is -1.41. The highest BCUT2D eigenvalue weighted by Crippen LogP contribution is 2.34. The maximum absolute atomic E-state index is 12.6. The van der Waals surface area contributed by atoms with Crippen LogP contribution in [0.1, 0.15) is 0 Å². The molecule has 0 saturated carbocycles. The predicted octanol–water partition coefficient (Wildman–Crippen LogP) is 1.15. The van der Waals surface area contributed by atoms with E-state index >= 15 is 0 Å². The molecule has 7 heteroatoms. The summed E-state index contributed by atoms with van der Waals surface area (Å²) in [5.74, 6) is -0.179. The van der Waals surface area contributed by atoms with Gasteiger partial charge in [0.25, 0.3) is 5.91 Å². The first-order valence-electron chi connectivity index (χ1n) is 7.57. The van der Waals surface area contributed by atoms with Crippen molar-refractivity contribution >= 4 is 17.7 Å². The fourth-order valence-corrected chi connectivity index (χ4v) is 3.47. The molecular weight excluding hydrogens is 314 g/mol. The Morgan fingerprint density at radius 3 is 2.96 bits per heavy atom. The highest BCUT2D eigenvalue weighted by Gasteiger charge is 2.42. The van der Waals surface area contributed by atoms with Gasteiger partial charge in [-0.2, -0.15) is 0 Å². The fourth-order valence-electron chi connectivity index (χ4n) is 2.31. The quantitative estimate of drug-likeness (QED) is 0.436. The highest BCUT2D eigenvalue weighted by atomic mass is 32.2. The van der Waals surface area contributed by atoms with Crippen LogP contribution < -0.4 is 5.32 Å². The first-order valence-corrected chi connectivity index (χ1v) is 8.39. The molecule has 6 nitrogen and oxygen atoms in total. The summed E-state index contributed by atoms with van der Waals surface area (Å²) in [4.78, 5) is 18.1. The van der Waals surface area contributed by atoms with Crippen LogP contribution in [0, 0.1) is 0 Å².